The van der Waals surface area contributed by atoms with Crippen molar-refractivity contribution in [1.82, 2.24) is 4.90 Å². The lowest BCUT2D eigenvalue weighted by atomic mass is 10.1. The van der Waals surface area contributed by atoms with Gasteiger partial charge in [0, 0.05) is 32.8 Å². The van der Waals surface area contributed by atoms with E-state index in [4.69, 9.17) is 19.9 Å². The van der Waals surface area contributed by atoms with Gasteiger partial charge >= 0.3 is 0 Å². The maximum Gasteiger partial charge on any atom is 0.0900 e. The molecule has 3 unspecified atom stereocenters. The summed E-state index contributed by atoms with van der Waals surface area (Å²) in [4.78, 5) is 2.17. The molecule has 0 aromatic rings. The van der Waals surface area contributed by atoms with Gasteiger partial charge in [-0.25, -0.2) is 0 Å². The van der Waals surface area contributed by atoms with Crippen molar-refractivity contribution in [2.75, 3.05) is 53.2 Å². The van der Waals surface area contributed by atoms with Gasteiger partial charge in [0.25, 0.3) is 0 Å². The molecular weight excluding hydrogens is 236 g/mol. The molecule has 6 heteroatoms. The molecule has 3 atom stereocenters. The first-order valence-electron chi connectivity index (χ1n) is 6.47. The zero-order valence-corrected chi connectivity index (χ0v) is 11.4. The van der Waals surface area contributed by atoms with Crippen molar-refractivity contribution in [3.05, 3.63) is 0 Å². The molecule has 1 heterocycles. The number of hydrogen-bond acceptors (Lipinski definition) is 6. The third-order valence-corrected chi connectivity index (χ3v) is 2.98. The van der Waals surface area contributed by atoms with Gasteiger partial charge < -0.3 is 25.1 Å². The van der Waals surface area contributed by atoms with Gasteiger partial charge in [-0.1, -0.05) is 0 Å². The minimum atomic E-state index is -0.478. The fourth-order valence-corrected chi connectivity index (χ4v) is 1.93. The molecule has 1 saturated heterocycles. The van der Waals surface area contributed by atoms with Crippen LogP contribution in [0.25, 0.3) is 0 Å². The molecule has 0 aromatic heterocycles. The van der Waals surface area contributed by atoms with E-state index < -0.39 is 6.10 Å². The van der Waals surface area contributed by atoms with Crippen molar-refractivity contribution in [1.29, 1.82) is 0 Å². The zero-order valence-electron chi connectivity index (χ0n) is 11.4. The number of aliphatic hydroxyl groups is 1. The van der Waals surface area contributed by atoms with Crippen LogP contribution in [0.2, 0.25) is 0 Å². The lowest BCUT2D eigenvalue weighted by molar-refractivity contribution is -0.0592. The molecule has 6 nitrogen and oxygen atoms in total. The molecule has 0 aliphatic carbocycles. The van der Waals surface area contributed by atoms with Crippen molar-refractivity contribution in [3.8, 4) is 0 Å². The number of rotatable bonds is 8. The second-order valence-electron chi connectivity index (χ2n) is 4.75. The molecule has 1 aliphatic heterocycles. The molecule has 1 fully saturated rings. The maximum absolute atomic E-state index is 9.85. The number of methoxy groups -OCH3 is 1. The van der Waals surface area contributed by atoms with Crippen LogP contribution in [0.15, 0.2) is 0 Å². The predicted octanol–water partition coefficient (Wildman–Crippen LogP) is -0.942. The van der Waals surface area contributed by atoms with E-state index in [-0.39, 0.29) is 12.1 Å². The second-order valence-corrected chi connectivity index (χ2v) is 4.75. The molecule has 0 radical (unpaired) electrons. The lowest BCUT2D eigenvalue weighted by Gasteiger charge is -2.35. The molecule has 1 aliphatic rings. The van der Waals surface area contributed by atoms with Crippen molar-refractivity contribution in [2.24, 2.45) is 5.73 Å². The van der Waals surface area contributed by atoms with E-state index in [9.17, 15) is 5.11 Å². The summed E-state index contributed by atoms with van der Waals surface area (Å²) in [6, 6.07) is 0.0166. The topological polar surface area (TPSA) is 77.2 Å². The molecule has 0 bridgehead atoms. The van der Waals surface area contributed by atoms with Crippen molar-refractivity contribution >= 4 is 0 Å². The molecule has 1 rings (SSSR count). The highest BCUT2D eigenvalue weighted by molar-refractivity contribution is 4.78. The average molecular weight is 262 g/mol. The fourth-order valence-electron chi connectivity index (χ4n) is 1.93. The molecule has 0 aromatic carbocycles. The number of nitrogens with two attached hydrogens (primary N) is 1. The third-order valence-electron chi connectivity index (χ3n) is 2.98. The van der Waals surface area contributed by atoms with Gasteiger partial charge in [-0.05, 0) is 6.92 Å². The molecule has 0 amide bonds. The zero-order chi connectivity index (χ0) is 13.4. The van der Waals surface area contributed by atoms with Crippen LogP contribution in [0.1, 0.15) is 6.92 Å². The minimum absolute atomic E-state index is 0.0166. The highest BCUT2D eigenvalue weighted by Gasteiger charge is 2.24. The Morgan fingerprint density at radius 3 is 2.94 bits per heavy atom. The van der Waals surface area contributed by atoms with E-state index in [1.54, 1.807) is 7.11 Å². The van der Waals surface area contributed by atoms with Crippen molar-refractivity contribution in [2.45, 2.75) is 25.2 Å². The van der Waals surface area contributed by atoms with Gasteiger partial charge in [-0.2, -0.15) is 0 Å². The van der Waals surface area contributed by atoms with E-state index >= 15 is 0 Å². The Hall–Kier alpha value is -0.240. The van der Waals surface area contributed by atoms with Gasteiger partial charge in [0.15, 0.2) is 0 Å². The molecular formula is C12H26N2O4. The van der Waals surface area contributed by atoms with E-state index in [0.717, 1.165) is 13.1 Å². The van der Waals surface area contributed by atoms with Crippen molar-refractivity contribution in [3.63, 3.8) is 0 Å². The molecule has 3 N–H and O–H groups in total. The van der Waals surface area contributed by atoms with Crippen LogP contribution >= 0.6 is 0 Å². The SMILES string of the molecule is COCCOCC(O)CN1CCOC(C(C)N)C1. The normalized spacial score (nSPS) is 25.0. The average Bonchev–Trinajstić information content (AvgIpc) is 2.35. The first-order chi connectivity index (χ1) is 8.63. The number of morpholine rings is 1. The first kappa shape index (κ1) is 15.8. The maximum atomic E-state index is 9.85. The standard InChI is InChI=1S/C12H26N2O4/c1-10(13)12-8-14(3-4-18-12)7-11(15)9-17-6-5-16-2/h10-12,15H,3-9,13H2,1-2H3. The van der Waals surface area contributed by atoms with Crippen LogP contribution in [-0.2, 0) is 14.2 Å². The Kier molecular flexibility index (Phi) is 7.73. The Morgan fingerprint density at radius 1 is 1.50 bits per heavy atom. The molecule has 0 saturated carbocycles. The summed E-state index contributed by atoms with van der Waals surface area (Å²) in [6.45, 7) is 6.21. The predicted molar refractivity (Wildman–Crippen MR) is 68.5 cm³/mol. The largest absolute Gasteiger partial charge is 0.389 e. The van der Waals surface area contributed by atoms with E-state index in [2.05, 4.69) is 4.90 Å². The highest BCUT2D eigenvalue weighted by atomic mass is 16.5. The summed E-state index contributed by atoms with van der Waals surface area (Å²) in [6.07, 6.45) is -0.422. The van der Waals surface area contributed by atoms with Gasteiger partial charge in [-0.3, -0.25) is 4.90 Å². The van der Waals surface area contributed by atoms with Crippen LogP contribution in [0, 0.1) is 0 Å². The second kappa shape index (κ2) is 8.79. The number of aliphatic hydroxyl groups excluding tert-OH is 1. The fraction of sp³-hybridized carbons (Fsp3) is 1.00. The minimum Gasteiger partial charge on any atom is -0.389 e. The Balaban J connectivity index is 2.16. The Bertz CT molecular complexity index is 216. The van der Waals surface area contributed by atoms with Gasteiger partial charge in [0.2, 0.25) is 0 Å². The van der Waals surface area contributed by atoms with Gasteiger partial charge in [-0.15, -0.1) is 0 Å². The van der Waals surface area contributed by atoms with Crippen LogP contribution in [0.5, 0.6) is 0 Å². The third kappa shape index (κ3) is 6.08. The van der Waals surface area contributed by atoms with Crippen molar-refractivity contribution < 1.29 is 19.3 Å². The summed E-state index contributed by atoms with van der Waals surface area (Å²) in [7, 11) is 1.63. The Morgan fingerprint density at radius 2 is 2.28 bits per heavy atom. The van der Waals surface area contributed by atoms with Gasteiger partial charge in [0.1, 0.15) is 0 Å². The first-order valence-corrected chi connectivity index (χ1v) is 6.47. The number of hydrogen-bond donors (Lipinski definition) is 2. The van der Waals surface area contributed by atoms with E-state index in [1.807, 2.05) is 6.92 Å². The highest BCUT2D eigenvalue weighted by Crippen LogP contribution is 2.08. The van der Waals surface area contributed by atoms with Crippen LogP contribution in [0.4, 0.5) is 0 Å². The smallest absolute Gasteiger partial charge is 0.0900 e. The summed E-state index contributed by atoms with van der Waals surface area (Å²) in [5.74, 6) is 0. The lowest BCUT2D eigenvalue weighted by Crippen LogP contribution is -2.51. The van der Waals surface area contributed by atoms with Crippen LogP contribution < -0.4 is 5.73 Å². The molecule has 0 spiro atoms. The van der Waals surface area contributed by atoms with E-state index in [0.29, 0.717) is 33.0 Å². The summed E-state index contributed by atoms with van der Waals surface area (Å²) in [5.41, 5.74) is 5.82. The van der Waals surface area contributed by atoms with Crippen LogP contribution in [-0.4, -0.2) is 81.4 Å². The van der Waals surface area contributed by atoms with Crippen LogP contribution in [0.3, 0.4) is 0 Å². The summed E-state index contributed by atoms with van der Waals surface area (Å²) in [5, 5.41) is 9.85. The molecule has 108 valence electrons. The van der Waals surface area contributed by atoms with Gasteiger partial charge in [0.05, 0.1) is 38.6 Å². The quantitative estimate of drug-likeness (QED) is 0.550. The monoisotopic (exact) mass is 262 g/mol. The summed E-state index contributed by atoms with van der Waals surface area (Å²) >= 11 is 0. The van der Waals surface area contributed by atoms with E-state index in [1.165, 1.54) is 0 Å². The Labute approximate surface area is 109 Å². The number of ether oxygens (including phenoxy) is 3. The number of β-amino-alcohol motifs (C(OH)–C–C–N with tert-alkyl or cyclic N) is 1. The number of nitrogens with zero attached hydrogens (tertiary/aromatic N) is 1. The molecule has 18 heavy (non-hydrogen) atoms. The summed E-state index contributed by atoms with van der Waals surface area (Å²) < 4.78 is 15.7.